The van der Waals surface area contributed by atoms with Gasteiger partial charge < -0.3 is 10.6 Å². The summed E-state index contributed by atoms with van der Waals surface area (Å²) in [6, 6.07) is 1.95. The molecular formula is C15H21N5O. The number of carbonyl (C=O) groups excluding carboxylic acids is 1. The van der Waals surface area contributed by atoms with Gasteiger partial charge in [-0.25, -0.2) is 9.50 Å². The highest BCUT2D eigenvalue weighted by atomic mass is 16.1. The Morgan fingerprint density at radius 3 is 3.14 bits per heavy atom. The van der Waals surface area contributed by atoms with Gasteiger partial charge in [0.1, 0.15) is 5.56 Å². The molecule has 2 aromatic heterocycles. The molecule has 0 aromatic carbocycles. The number of fused-ring (bicyclic) bond motifs is 1. The lowest BCUT2D eigenvalue weighted by Gasteiger charge is -2.09. The minimum absolute atomic E-state index is 0.0894. The molecule has 0 saturated carbocycles. The first-order chi connectivity index (χ1) is 10.1. The van der Waals surface area contributed by atoms with Gasteiger partial charge in [0, 0.05) is 17.9 Å². The van der Waals surface area contributed by atoms with Gasteiger partial charge in [-0.05, 0) is 51.8 Å². The predicted octanol–water partition coefficient (Wildman–Crippen LogP) is 1.08. The molecule has 1 amide bonds. The molecule has 1 atom stereocenters. The van der Waals surface area contributed by atoms with E-state index in [0.717, 1.165) is 30.9 Å². The van der Waals surface area contributed by atoms with E-state index in [4.69, 9.17) is 0 Å². The van der Waals surface area contributed by atoms with E-state index in [9.17, 15) is 4.79 Å². The summed E-state index contributed by atoms with van der Waals surface area (Å²) in [4.78, 5) is 16.7. The third-order valence-corrected chi connectivity index (χ3v) is 4.02. The fraction of sp³-hybridized carbons (Fsp3) is 0.533. The van der Waals surface area contributed by atoms with Crippen LogP contribution < -0.4 is 10.6 Å². The highest BCUT2D eigenvalue weighted by Crippen LogP contribution is 2.13. The van der Waals surface area contributed by atoms with Gasteiger partial charge in [-0.3, -0.25) is 4.79 Å². The van der Waals surface area contributed by atoms with Crippen molar-refractivity contribution in [1.82, 2.24) is 25.2 Å². The minimum atomic E-state index is -0.0894. The van der Waals surface area contributed by atoms with Crippen molar-refractivity contribution in [2.75, 3.05) is 19.6 Å². The first kappa shape index (κ1) is 14.0. The van der Waals surface area contributed by atoms with Crippen LogP contribution >= 0.6 is 0 Å². The maximum atomic E-state index is 12.3. The topological polar surface area (TPSA) is 71.3 Å². The summed E-state index contributed by atoms with van der Waals surface area (Å²) in [7, 11) is 0. The molecule has 21 heavy (non-hydrogen) atoms. The number of hydrogen-bond acceptors (Lipinski definition) is 4. The standard InChI is InChI=1S/C15H21N5O/c1-10-7-11(2)20-14(19-10)13(9-18-20)15(21)17-6-4-12-3-5-16-8-12/h7,9,12,16H,3-6,8H2,1-2H3,(H,17,21). The van der Waals surface area contributed by atoms with E-state index < -0.39 is 0 Å². The van der Waals surface area contributed by atoms with Crippen LogP contribution in [0.2, 0.25) is 0 Å². The molecule has 2 aromatic rings. The first-order valence-corrected chi connectivity index (χ1v) is 7.46. The van der Waals surface area contributed by atoms with Crippen LogP contribution in [0.1, 0.15) is 34.6 Å². The summed E-state index contributed by atoms with van der Waals surface area (Å²) in [5.41, 5.74) is 3.05. The van der Waals surface area contributed by atoms with E-state index in [0.29, 0.717) is 23.7 Å². The quantitative estimate of drug-likeness (QED) is 0.882. The van der Waals surface area contributed by atoms with Gasteiger partial charge in [-0.1, -0.05) is 0 Å². The fourth-order valence-corrected chi connectivity index (χ4v) is 2.88. The van der Waals surface area contributed by atoms with Crippen LogP contribution in [-0.2, 0) is 0 Å². The van der Waals surface area contributed by atoms with Gasteiger partial charge >= 0.3 is 0 Å². The van der Waals surface area contributed by atoms with Gasteiger partial charge in [0.25, 0.3) is 5.91 Å². The number of carbonyl (C=O) groups is 1. The Balaban J connectivity index is 1.69. The molecule has 0 aliphatic carbocycles. The number of aromatic nitrogens is 3. The van der Waals surface area contributed by atoms with E-state index >= 15 is 0 Å². The Hall–Kier alpha value is -1.95. The minimum Gasteiger partial charge on any atom is -0.352 e. The number of nitrogens with one attached hydrogen (secondary N) is 2. The van der Waals surface area contributed by atoms with E-state index in [1.807, 2.05) is 19.9 Å². The highest BCUT2D eigenvalue weighted by Gasteiger charge is 2.17. The van der Waals surface area contributed by atoms with Gasteiger partial charge in [0.2, 0.25) is 0 Å². The zero-order valence-electron chi connectivity index (χ0n) is 12.5. The van der Waals surface area contributed by atoms with E-state index in [-0.39, 0.29) is 5.91 Å². The van der Waals surface area contributed by atoms with E-state index in [1.54, 1.807) is 10.7 Å². The molecule has 3 heterocycles. The molecule has 0 spiro atoms. The maximum absolute atomic E-state index is 12.3. The lowest BCUT2D eigenvalue weighted by molar-refractivity contribution is 0.0953. The van der Waals surface area contributed by atoms with Gasteiger partial charge in [-0.15, -0.1) is 0 Å². The predicted molar refractivity (Wildman–Crippen MR) is 80.4 cm³/mol. The summed E-state index contributed by atoms with van der Waals surface area (Å²) >= 11 is 0. The SMILES string of the molecule is Cc1cc(C)n2ncc(C(=O)NCCC3CCNC3)c2n1. The van der Waals surface area contributed by atoms with E-state index in [1.165, 1.54) is 6.42 Å². The van der Waals surface area contributed by atoms with Crippen molar-refractivity contribution in [2.45, 2.75) is 26.7 Å². The van der Waals surface area contributed by atoms with Gasteiger partial charge in [0.05, 0.1) is 6.20 Å². The summed E-state index contributed by atoms with van der Waals surface area (Å²) in [5, 5.41) is 10.6. The van der Waals surface area contributed by atoms with Crippen molar-refractivity contribution >= 4 is 11.6 Å². The molecule has 2 N–H and O–H groups in total. The van der Waals surface area contributed by atoms with Crippen molar-refractivity contribution < 1.29 is 4.79 Å². The van der Waals surface area contributed by atoms with Crippen LogP contribution in [0.15, 0.2) is 12.3 Å². The summed E-state index contributed by atoms with van der Waals surface area (Å²) < 4.78 is 1.71. The van der Waals surface area contributed by atoms with Gasteiger partial charge in [-0.2, -0.15) is 5.10 Å². The Kier molecular flexibility index (Phi) is 3.88. The Morgan fingerprint density at radius 2 is 2.38 bits per heavy atom. The molecule has 1 saturated heterocycles. The van der Waals surface area contributed by atoms with Crippen LogP contribution in [0.4, 0.5) is 0 Å². The molecule has 1 aliphatic rings. The Labute approximate surface area is 123 Å². The molecule has 1 aliphatic heterocycles. The second-order valence-electron chi connectivity index (χ2n) is 5.74. The number of hydrogen-bond donors (Lipinski definition) is 2. The molecule has 112 valence electrons. The molecular weight excluding hydrogens is 266 g/mol. The average molecular weight is 287 g/mol. The van der Waals surface area contributed by atoms with Crippen molar-refractivity contribution in [3.63, 3.8) is 0 Å². The molecule has 3 rings (SSSR count). The Bertz CT molecular complexity index is 657. The van der Waals surface area contributed by atoms with Crippen LogP contribution in [0.25, 0.3) is 5.65 Å². The lowest BCUT2D eigenvalue weighted by Crippen LogP contribution is -2.26. The average Bonchev–Trinajstić information content (AvgIpc) is 3.07. The zero-order chi connectivity index (χ0) is 14.8. The third-order valence-electron chi connectivity index (χ3n) is 4.02. The molecule has 0 bridgehead atoms. The summed E-state index contributed by atoms with van der Waals surface area (Å²) in [6.45, 7) is 6.74. The second kappa shape index (κ2) is 5.81. The van der Waals surface area contributed by atoms with Crippen LogP contribution in [0.5, 0.6) is 0 Å². The molecule has 1 fully saturated rings. The third kappa shape index (κ3) is 2.90. The summed E-state index contributed by atoms with van der Waals surface area (Å²) in [6.07, 6.45) is 3.82. The van der Waals surface area contributed by atoms with Gasteiger partial charge in [0.15, 0.2) is 5.65 Å². The van der Waals surface area contributed by atoms with Crippen LogP contribution in [0, 0.1) is 19.8 Å². The smallest absolute Gasteiger partial charge is 0.256 e. The lowest BCUT2D eigenvalue weighted by atomic mass is 10.1. The number of nitrogens with zero attached hydrogens (tertiary/aromatic N) is 3. The second-order valence-corrected chi connectivity index (χ2v) is 5.74. The van der Waals surface area contributed by atoms with Crippen molar-refractivity contribution in [3.8, 4) is 0 Å². The normalized spacial score (nSPS) is 18.3. The monoisotopic (exact) mass is 287 g/mol. The largest absolute Gasteiger partial charge is 0.352 e. The van der Waals surface area contributed by atoms with Crippen LogP contribution in [-0.4, -0.2) is 40.1 Å². The molecule has 6 heteroatoms. The number of amides is 1. The first-order valence-electron chi connectivity index (χ1n) is 7.46. The fourth-order valence-electron chi connectivity index (χ4n) is 2.88. The highest BCUT2D eigenvalue weighted by molar-refractivity contribution is 5.99. The molecule has 6 nitrogen and oxygen atoms in total. The van der Waals surface area contributed by atoms with Crippen LogP contribution in [0.3, 0.4) is 0 Å². The number of aryl methyl sites for hydroxylation is 2. The van der Waals surface area contributed by atoms with E-state index in [2.05, 4.69) is 20.7 Å². The Morgan fingerprint density at radius 1 is 1.52 bits per heavy atom. The van der Waals surface area contributed by atoms with Crippen molar-refractivity contribution in [1.29, 1.82) is 0 Å². The zero-order valence-corrected chi connectivity index (χ0v) is 12.5. The molecule has 0 radical (unpaired) electrons. The number of rotatable bonds is 4. The van der Waals surface area contributed by atoms with Crippen molar-refractivity contribution in [3.05, 3.63) is 29.2 Å². The maximum Gasteiger partial charge on any atom is 0.256 e. The molecule has 1 unspecified atom stereocenters. The van der Waals surface area contributed by atoms with Crippen molar-refractivity contribution in [2.24, 2.45) is 5.92 Å². The summed E-state index contributed by atoms with van der Waals surface area (Å²) in [5.74, 6) is 0.588.